The molecule has 20 heavy (non-hydrogen) atoms. The molecule has 0 aliphatic carbocycles. The molecule has 104 valence electrons. The highest BCUT2D eigenvalue weighted by Crippen LogP contribution is 2.28. The van der Waals surface area contributed by atoms with Gasteiger partial charge in [-0.3, -0.25) is 5.10 Å². The van der Waals surface area contributed by atoms with Crippen LogP contribution in [0, 0.1) is 0 Å². The molecule has 3 aromatic heterocycles. The lowest BCUT2D eigenvalue weighted by Gasteiger charge is -2.05. The fourth-order valence-corrected chi connectivity index (χ4v) is 1.70. The van der Waals surface area contributed by atoms with Crippen LogP contribution in [-0.2, 0) is 6.18 Å². The van der Waals surface area contributed by atoms with Crippen LogP contribution in [0.3, 0.4) is 0 Å². The molecule has 0 radical (unpaired) electrons. The van der Waals surface area contributed by atoms with Crippen LogP contribution in [0.2, 0.25) is 0 Å². The molecule has 2 N–H and O–H groups in total. The fraction of sp³-hybridized carbons (Fsp3) is 0.200. The number of alkyl halides is 3. The summed E-state index contributed by atoms with van der Waals surface area (Å²) >= 11 is 0. The van der Waals surface area contributed by atoms with Gasteiger partial charge in [0.15, 0.2) is 17.2 Å². The number of H-pyrrole nitrogens is 1. The standard InChI is InChI=1S/C10H8F3N7/c1-14-9-16-7-5(4-15-18-7)8(17-9)20-3-2-6(19-20)10(11,12)13/h2-4H,1H3,(H2,14,15,16,17,18). The van der Waals surface area contributed by atoms with Gasteiger partial charge in [0.05, 0.1) is 11.6 Å². The summed E-state index contributed by atoms with van der Waals surface area (Å²) in [7, 11) is 1.60. The molecule has 0 aromatic carbocycles. The Morgan fingerprint density at radius 3 is 2.75 bits per heavy atom. The van der Waals surface area contributed by atoms with Crippen LogP contribution in [0.1, 0.15) is 5.69 Å². The number of rotatable bonds is 2. The Bertz CT molecular complexity index is 758. The summed E-state index contributed by atoms with van der Waals surface area (Å²) in [5, 5.41) is 13.1. The van der Waals surface area contributed by atoms with Gasteiger partial charge in [-0.2, -0.15) is 33.3 Å². The lowest BCUT2D eigenvalue weighted by molar-refractivity contribution is -0.141. The molecule has 0 saturated carbocycles. The average Bonchev–Trinajstić information content (AvgIpc) is 3.05. The largest absolute Gasteiger partial charge is 0.435 e. The van der Waals surface area contributed by atoms with Crippen LogP contribution in [0.5, 0.6) is 0 Å². The quantitative estimate of drug-likeness (QED) is 0.746. The number of aromatic amines is 1. The smallest absolute Gasteiger partial charge is 0.357 e. The van der Waals surface area contributed by atoms with Gasteiger partial charge in [-0.1, -0.05) is 0 Å². The van der Waals surface area contributed by atoms with Gasteiger partial charge in [-0.05, 0) is 6.07 Å². The lowest BCUT2D eigenvalue weighted by atomic mass is 10.4. The van der Waals surface area contributed by atoms with E-state index >= 15 is 0 Å². The van der Waals surface area contributed by atoms with Gasteiger partial charge in [0.2, 0.25) is 5.95 Å². The highest BCUT2D eigenvalue weighted by atomic mass is 19.4. The van der Waals surface area contributed by atoms with Gasteiger partial charge in [0, 0.05) is 13.2 Å². The Hall–Kier alpha value is -2.65. The number of nitrogens with one attached hydrogen (secondary N) is 2. The van der Waals surface area contributed by atoms with E-state index in [1.165, 1.54) is 12.4 Å². The van der Waals surface area contributed by atoms with E-state index in [9.17, 15) is 13.2 Å². The van der Waals surface area contributed by atoms with Crippen LogP contribution in [0.15, 0.2) is 18.5 Å². The van der Waals surface area contributed by atoms with Crippen molar-refractivity contribution in [2.75, 3.05) is 12.4 Å². The van der Waals surface area contributed by atoms with Gasteiger partial charge in [-0.25, -0.2) is 4.68 Å². The first-order valence-electron chi connectivity index (χ1n) is 5.51. The molecule has 0 fully saturated rings. The molecule has 0 bridgehead atoms. The Labute approximate surface area is 109 Å². The molecular weight excluding hydrogens is 275 g/mol. The maximum atomic E-state index is 12.6. The van der Waals surface area contributed by atoms with E-state index in [1.54, 1.807) is 7.05 Å². The van der Waals surface area contributed by atoms with Crippen LogP contribution in [0.4, 0.5) is 19.1 Å². The van der Waals surface area contributed by atoms with E-state index in [0.717, 1.165) is 10.7 Å². The van der Waals surface area contributed by atoms with Crippen molar-refractivity contribution >= 4 is 17.0 Å². The molecule has 0 atom stereocenters. The third-order valence-electron chi connectivity index (χ3n) is 2.61. The summed E-state index contributed by atoms with van der Waals surface area (Å²) in [5.74, 6) is 0.462. The summed E-state index contributed by atoms with van der Waals surface area (Å²) in [6, 6.07) is 0.882. The molecule has 3 aromatic rings. The molecule has 0 unspecified atom stereocenters. The van der Waals surface area contributed by atoms with E-state index in [2.05, 4.69) is 30.6 Å². The van der Waals surface area contributed by atoms with Crippen molar-refractivity contribution in [1.29, 1.82) is 0 Å². The number of fused-ring (bicyclic) bond motifs is 1. The second-order valence-corrected chi connectivity index (χ2v) is 3.90. The minimum atomic E-state index is -4.50. The summed E-state index contributed by atoms with van der Waals surface area (Å²) < 4.78 is 38.8. The van der Waals surface area contributed by atoms with Crippen LogP contribution < -0.4 is 5.32 Å². The van der Waals surface area contributed by atoms with Crippen molar-refractivity contribution < 1.29 is 13.2 Å². The Kier molecular flexibility index (Phi) is 2.59. The summed E-state index contributed by atoms with van der Waals surface area (Å²) in [5.41, 5.74) is -0.581. The Balaban J connectivity index is 2.18. The number of halogens is 3. The van der Waals surface area contributed by atoms with Gasteiger partial charge < -0.3 is 5.32 Å². The predicted octanol–water partition coefficient (Wildman–Crippen LogP) is 1.60. The molecule has 0 spiro atoms. The van der Waals surface area contributed by atoms with E-state index in [1.807, 2.05) is 0 Å². The Morgan fingerprint density at radius 1 is 1.30 bits per heavy atom. The van der Waals surface area contributed by atoms with Crippen LogP contribution in [-0.4, -0.2) is 37.0 Å². The van der Waals surface area contributed by atoms with Gasteiger partial charge in [-0.15, -0.1) is 0 Å². The lowest BCUT2D eigenvalue weighted by Crippen LogP contribution is -2.09. The molecule has 7 nitrogen and oxygen atoms in total. The minimum absolute atomic E-state index is 0.212. The van der Waals surface area contributed by atoms with Crippen molar-refractivity contribution in [1.82, 2.24) is 29.9 Å². The maximum absolute atomic E-state index is 12.6. The first kappa shape index (κ1) is 12.4. The molecule has 10 heteroatoms. The average molecular weight is 283 g/mol. The predicted molar refractivity (Wildman–Crippen MR) is 63.4 cm³/mol. The van der Waals surface area contributed by atoms with E-state index < -0.39 is 11.9 Å². The van der Waals surface area contributed by atoms with Gasteiger partial charge in [0.1, 0.15) is 0 Å². The van der Waals surface area contributed by atoms with Crippen molar-refractivity contribution in [2.45, 2.75) is 6.18 Å². The zero-order chi connectivity index (χ0) is 14.3. The maximum Gasteiger partial charge on any atom is 0.435 e. The third-order valence-corrected chi connectivity index (χ3v) is 2.61. The first-order chi connectivity index (χ1) is 9.49. The number of hydrogen-bond donors (Lipinski definition) is 2. The summed E-state index contributed by atoms with van der Waals surface area (Å²) in [4.78, 5) is 8.20. The highest BCUT2D eigenvalue weighted by Gasteiger charge is 2.33. The van der Waals surface area contributed by atoms with Gasteiger partial charge in [0.25, 0.3) is 0 Å². The van der Waals surface area contributed by atoms with Gasteiger partial charge >= 0.3 is 6.18 Å². The van der Waals surface area contributed by atoms with Crippen LogP contribution in [0.25, 0.3) is 16.9 Å². The highest BCUT2D eigenvalue weighted by molar-refractivity contribution is 5.82. The third kappa shape index (κ3) is 1.94. The molecule has 3 heterocycles. The SMILES string of the molecule is CNc1nc(-n2ccc(C(F)(F)F)n2)c2cn[nH]c2n1. The number of aromatic nitrogens is 6. The van der Waals surface area contributed by atoms with E-state index in [0.29, 0.717) is 11.0 Å². The van der Waals surface area contributed by atoms with Crippen molar-refractivity contribution in [3.8, 4) is 5.82 Å². The normalized spacial score (nSPS) is 12.0. The molecule has 0 aliphatic rings. The summed E-state index contributed by atoms with van der Waals surface area (Å²) in [6.45, 7) is 0. The summed E-state index contributed by atoms with van der Waals surface area (Å²) in [6.07, 6.45) is -1.88. The van der Waals surface area contributed by atoms with Crippen molar-refractivity contribution in [3.05, 3.63) is 24.2 Å². The molecule has 3 rings (SSSR count). The van der Waals surface area contributed by atoms with Crippen LogP contribution >= 0.6 is 0 Å². The molecule has 0 amide bonds. The monoisotopic (exact) mass is 283 g/mol. The topological polar surface area (TPSA) is 84.3 Å². The first-order valence-corrected chi connectivity index (χ1v) is 5.51. The van der Waals surface area contributed by atoms with Crippen molar-refractivity contribution in [3.63, 3.8) is 0 Å². The molecular formula is C10H8F3N7. The minimum Gasteiger partial charge on any atom is -0.357 e. The zero-order valence-corrected chi connectivity index (χ0v) is 10.1. The Morgan fingerprint density at radius 2 is 2.10 bits per heavy atom. The number of hydrogen-bond acceptors (Lipinski definition) is 5. The number of anilines is 1. The second-order valence-electron chi connectivity index (χ2n) is 3.90. The second kappa shape index (κ2) is 4.18. The van der Waals surface area contributed by atoms with E-state index in [4.69, 9.17) is 0 Å². The van der Waals surface area contributed by atoms with Crippen molar-refractivity contribution in [2.24, 2.45) is 0 Å². The molecule has 0 aliphatic heterocycles. The van der Waals surface area contributed by atoms with E-state index in [-0.39, 0.29) is 11.8 Å². The number of nitrogens with zero attached hydrogens (tertiary/aromatic N) is 5. The zero-order valence-electron chi connectivity index (χ0n) is 10.1. The fourth-order valence-electron chi connectivity index (χ4n) is 1.70. The molecule has 0 saturated heterocycles.